The number of amides is 1. The highest BCUT2D eigenvalue weighted by Gasteiger charge is 2.35. The molecular formula is C19H23NO5S. The summed E-state index contributed by atoms with van der Waals surface area (Å²) in [4.78, 5) is 14.7. The summed E-state index contributed by atoms with van der Waals surface area (Å²) in [5.74, 6) is 2.00. The predicted molar refractivity (Wildman–Crippen MR) is 98.0 cm³/mol. The molecule has 2 aromatic rings. The predicted octanol–water partition coefficient (Wildman–Crippen LogP) is 2.82. The molecule has 1 aliphatic rings. The first-order chi connectivity index (χ1) is 12.4. The van der Waals surface area contributed by atoms with Gasteiger partial charge in [0.25, 0.3) is 5.91 Å². The summed E-state index contributed by atoms with van der Waals surface area (Å²) in [7, 11) is -3.10. The first-order valence-electron chi connectivity index (χ1n) is 8.67. The van der Waals surface area contributed by atoms with Crippen LogP contribution < -0.4 is 4.74 Å². The third-order valence-electron chi connectivity index (χ3n) is 4.44. The highest BCUT2D eigenvalue weighted by Crippen LogP contribution is 2.24. The van der Waals surface area contributed by atoms with Crippen molar-refractivity contribution in [3.63, 3.8) is 0 Å². The standard InChI is InChI=1S/C19H23NO5S/c1-3-24-17-8-5-15(6-9-17)19(21)20(12-18-7-4-14(2)25-18)16-10-11-26(22,23)13-16/h4-9,16H,3,10-13H2,1-2H3/t16-/m0/s1. The molecule has 0 spiro atoms. The number of furan rings is 1. The molecule has 140 valence electrons. The van der Waals surface area contributed by atoms with E-state index in [0.717, 1.165) is 5.76 Å². The summed E-state index contributed by atoms with van der Waals surface area (Å²) in [5, 5.41) is 0. The van der Waals surface area contributed by atoms with E-state index in [1.165, 1.54) is 0 Å². The van der Waals surface area contributed by atoms with Crippen LogP contribution in [0.2, 0.25) is 0 Å². The lowest BCUT2D eigenvalue weighted by Gasteiger charge is -2.27. The van der Waals surface area contributed by atoms with Gasteiger partial charge in [0.1, 0.15) is 17.3 Å². The Morgan fingerprint density at radius 3 is 2.50 bits per heavy atom. The Balaban J connectivity index is 1.85. The van der Waals surface area contributed by atoms with E-state index in [1.54, 1.807) is 29.2 Å². The van der Waals surface area contributed by atoms with Crippen molar-refractivity contribution in [3.05, 3.63) is 53.5 Å². The molecule has 1 fully saturated rings. The SMILES string of the molecule is CCOc1ccc(C(=O)N(Cc2ccc(C)o2)[C@H]2CCS(=O)(=O)C2)cc1. The zero-order valence-corrected chi connectivity index (χ0v) is 15.8. The molecule has 3 rings (SSSR count). The van der Waals surface area contributed by atoms with Gasteiger partial charge >= 0.3 is 0 Å². The first-order valence-corrected chi connectivity index (χ1v) is 10.5. The molecule has 26 heavy (non-hydrogen) atoms. The van der Waals surface area contributed by atoms with Gasteiger partial charge in [-0.2, -0.15) is 0 Å². The minimum absolute atomic E-state index is 0.00450. The number of hydrogen-bond donors (Lipinski definition) is 0. The van der Waals surface area contributed by atoms with E-state index in [0.29, 0.717) is 30.1 Å². The molecule has 2 heterocycles. The number of carbonyl (C=O) groups excluding carboxylic acids is 1. The molecule has 0 unspecified atom stereocenters. The van der Waals surface area contributed by atoms with Crippen LogP contribution in [0.5, 0.6) is 5.75 Å². The van der Waals surface area contributed by atoms with Gasteiger partial charge in [-0.1, -0.05) is 0 Å². The number of benzene rings is 1. The molecule has 1 amide bonds. The Morgan fingerprint density at radius 2 is 1.96 bits per heavy atom. The zero-order valence-electron chi connectivity index (χ0n) is 15.0. The van der Waals surface area contributed by atoms with Gasteiger partial charge in [0.15, 0.2) is 9.84 Å². The van der Waals surface area contributed by atoms with Gasteiger partial charge in [0.2, 0.25) is 0 Å². The Kier molecular flexibility index (Phi) is 5.36. The van der Waals surface area contributed by atoms with Crippen molar-refractivity contribution < 1.29 is 22.4 Å². The summed E-state index contributed by atoms with van der Waals surface area (Å²) in [5.41, 5.74) is 0.501. The van der Waals surface area contributed by atoms with E-state index in [9.17, 15) is 13.2 Å². The molecular weight excluding hydrogens is 354 g/mol. The molecule has 1 atom stereocenters. The van der Waals surface area contributed by atoms with Crippen molar-refractivity contribution >= 4 is 15.7 Å². The number of carbonyl (C=O) groups is 1. The smallest absolute Gasteiger partial charge is 0.254 e. The minimum atomic E-state index is -3.10. The molecule has 1 aliphatic heterocycles. The molecule has 1 aromatic heterocycles. The maximum atomic E-state index is 13.1. The summed E-state index contributed by atoms with van der Waals surface area (Å²) < 4.78 is 34.8. The average Bonchev–Trinajstić information content (AvgIpc) is 3.18. The maximum Gasteiger partial charge on any atom is 0.254 e. The van der Waals surface area contributed by atoms with Gasteiger partial charge in [-0.15, -0.1) is 0 Å². The highest BCUT2D eigenvalue weighted by molar-refractivity contribution is 7.91. The van der Waals surface area contributed by atoms with Crippen molar-refractivity contribution in [1.82, 2.24) is 4.90 Å². The normalized spacial score (nSPS) is 18.6. The number of nitrogens with zero attached hydrogens (tertiary/aromatic N) is 1. The summed E-state index contributed by atoms with van der Waals surface area (Å²) in [6, 6.07) is 10.2. The first kappa shape index (κ1) is 18.5. The van der Waals surface area contributed by atoms with E-state index < -0.39 is 9.84 Å². The molecule has 7 heteroatoms. The van der Waals surface area contributed by atoms with Crippen LogP contribution in [0.15, 0.2) is 40.8 Å². The molecule has 1 saturated heterocycles. The van der Waals surface area contributed by atoms with Crippen LogP contribution in [-0.4, -0.2) is 43.4 Å². The van der Waals surface area contributed by atoms with Gasteiger partial charge in [0.05, 0.1) is 24.7 Å². The fourth-order valence-corrected chi connectivity index (χ4v) is 4.88. The fraction of sp³-hybridized carbons (Fsp3) is 0.421. The largest absolute Gasteiger partial charge is 0.494 e. The summed E-state index contributed by atoms with van der Waals surface area (Å²) in [6.07, 6.45) is 0.449. The van der Waals surface area contributed by atoms with Crippen LogP contribution in [0.1, 0.15) is 35.2 Å². The lowest BCUT2D eigenvalue weighted by atomic mass is 10.1. The molecule has 6 nitrogen and oxygen atoms in total. The van der Waals surface area contributed by atoms with E-state index in [2.05, 4.69) is 0 Å². The number of hydrogen-bond acceptors (Lipinski definition) is 5. The van der Waals surface area contributed by atoms with Crippen molar-refractivity contribution in [2.24, 2.45) is 0 Å². The van der Waals surface area contributed by atoms with E-state index in [4.69, 9.17) is 9.15 Å². The van der Waals surface area contributed by atoms with Crippen molar-refractivity contribution in [2.75, 3.05) is 18.1 Å². The van der Waals surface area contributed by atoms with Crippen LogP contribution in [0.4, 0.5) is 0 Å². The van der Waals surface area contributed by atoms with Crippen LogP contribution >= 0.6 is 0 Å². The Bertz CT molecular complexity index is 870. The third-order valence-corrected chi connectivity index (χ3v) is 6.19. The molecule has 0 radical (unpaired) electrons. The topological polar surface area (TPSA) is 76.8 Å². The number of ether oxygens (including phenoxy) is 1. The number of aryl methyl sites for hydroxylation is 1. The van der Waals surface area contributed by atoms with Crippen molar-refractivity contribution in [3.8, 4) is 5.75 Å². The molecule has 0 N–H and O–H groups in total. The lowest BCUT2D eigenvalue weighted by molar-refractivity contribution is 0.0665. The monoisotopic (exact) mass is 377 g/mol. The van der Waals surface area contributed by atoms with Gasteiger partial charge < -0.3 is 14.1 Å². The van der Waals surface area contributed by atoms with E-state index >= 15 is 0 Å². The number of rotatable bonds is 6. The second-order valence-corrected chi connectivity index (χ2v) is 8.69. The quantitative estimate of drug-likeness (QED) is 0.774. The Morgan fingerprint density at radius 1 is 1.23 bits per heavy atom. The third kappa shape index (κ3) is 4.27. The van der Waals surface area contributed by atoms with Crippen LogP contribution in [0.3, 0.4) is 0 Å². The van der Waals surface area contributed by atoms with E-state index in [1.807, 2.05) is 26.0 Å². The highest BCUT2D eigenvalue weighted by atomic mass is 32.2. The average molecular weight is 377 g/mol. The fourth-order valence-electron chi connectivity index (χ4n) is 3.15. The van der Waals surface area contributed by atoms with Gasteiger partial charge in [-0.3, -0.25) is 4.79 Å². The zero-order chi connectivity index (χ0) is 18.7. The van der Waals surface area contributed by atoms with E-state index in [-0.39, 0.29) is 30.0 Å². The Labute approximate surface area is 153 Å². The van der Waals surface area contributed by atoms with Gasteiger partial charge in [-0.05, 0) is 56.7 Å². The van der Waals surface area contributed by atoms with Gasteiger partial charge in [-0.25, -0.2) is 8.42 Å². The van der Waals surface area contributed by atoms with Gasteiger partial charge in [0, 0.05) is 11.6 Å². The van der Waals surface area contributed by atoms with Crippen molar-refractivity contribution in [2.45, 2.75) is 32.9 Å². The molecule has 0 saturated carbocycles. The van der Waals surface area contributed by atoms with Crippen LogP contribution in [0.25, 0.3) is 0 Å². The molecule has 0 aliphatic carbocycles. The second kappa shape index (κ2) is 7.53. The second-order valence-electron chi connectivity index (χ2n) is 6.46. The van der Waals surface area contributed by atoms with Crippen LogP contribution in [-0.2, 0) is 16.4 Å². The Hall–Kier alpha value is -2.28. The van der Waals surface area contributed by atoms with Crippen LogP contribution in [0, 0.1) is 6.92 Å². The molecule has 1 aromatic carbocycles. The number of sulfone groups is 1. The minimum Gasteiger partial charge on any atom is -0.494 e. The summed E-state index contributed by atoms with van der Waals surface area (Å²) in [6.45, 7) is 4.53. The summed E-state index contributed by atoms with van der Waals surface area (Å²) >= 11 is 0. The molecule has 0 bridgehead atoms. The van der Waals surface area contributed by atoms with Crippen molar-refractivity contribution in [1.29, 1.82) is 0 Å². The lowest BCUT2D eigenvalue weighted by Crippen LogP contribution is -2.40. The maximum absolute atomic E-state index is 13.1.